The van der Waals surface area contributed by atoms with Crippen molar-refractivity contribution in [2.45, 2.75) is 45.6 Å². The Kier molecular flexibility index (Phi) is 5.87. The third kappa shape index (κ3) is 4.49. The van der Waals surface area contributed by atoms with Gasteiger partial charge >= 0.3 is 0 Å². The maximum absolute atomic E-state index is 13.2. The maximum Gasteiger partial charge on any atom is 0.246 e. The van der Waals surface area contributed by atoms with E-state index in [1.807, 2.05) is 25.1 Å². The van der Waals surface area contributed by atoms with E-state index in [0.717, 1.165) is 35.5 Å². The lowest BCUT2D eigenvalue weighted by atomic mass is 10.0. The number of nitrogens with zero attached hydrogens (tertiary/aromatic N) is 1. The van der Waals surface area contributed by atoms with Gasteiger partial charge in [-0.1, -0.05) is 55.3 Å². The molecule has 0 aromatic heterocycles. The van der Waals surface area contributed by atoms with Crippen LogP contribution in [-0.4, -0.2) is 23.9 Å². The van der Waals surface area contributed by atoms with Gasteiger partial charge in [0.1, 0.15) is 6.04 Å². The highest BCUT2D eigenvalue weighted by atomic mass is 16.2. The summed E-state index contributed by atoms with van der Waals surface area (Å²) >= 11 is 0. The summed E-state index contributed by atoms with van der Waals surface area (Å²) in [6, 6.07) is 16.2. The van der Waals surface area contributed by atoms with Crippen LogP contribution in [0, 0.1) is 13.8 Å². The van der Waals surface area contributed by atoms with Gasteiger partial charge in [-0.05, 0) is 62.5 Å². The molecule has 1 saturated heterocycles. The molecule has 0 radical (unpaired) electrons. The van der Waals surface area contributed by atoms with Crippen molar-refractivity contribution >= 4 is 11.6 Å². The van der Waals surface area contributed by atoms with E-state index in [4.69, 9.17) is 0 Å². The first-order valence-electron chi connectivity index (χ1n) is 9.32. The number of amides is 1. The SMILES string of the molecule is Cc1ccc(C)c(NC(=O)[C@@H](c2ccccc2)N2CCCCCC2)c1. The van der Waals surface area contributed by atoms with E-state index in [0.29, 0.717) is 0 Å². The van der Waals surface area contributed by atoms with Crippen molar-refractivity contribution in [3.63, 3.8) is 0 Å². The summed E-state index contributed by atoms with van der Waals surface area (Å²) in [7, 11) is 0. The van der Waals surface area contributed by atoms with E-state index in [1.54, 1.807) is 0 Å². The second kappa shape index (κ2) is 8.30. The number of carbonyl (C=O) groups excluding carboxylic acids is 1. The van der Waals surface area contributed by atoms with Crippen molar-refractivity contribution in [2.75, 3.05) is 18.4 Å². The average molecular weight is 336 g/mol. The molecule has 3 rings (SSSR count). The van der Waals surface area contributed by atoms with Crippen LogP contribution < -0.4 is 5.32 Å². The lowest BCUT2D eigenvalue weighted by Crippen LogP contribution is -2.38. The minimum atomic E-state index is -0.223. The van der Waals surface area contributed by atoms with Crippen molar-refractivity contribution in [1.29, 1.82) is 0 Å². The zero-order chi connectivity index (χ0) is 17.6. The second-order valence-electron chi connectivity index (χ2n) is 7.07. The minimum Gasteiger partial charge on any atom is -0.324 e. The zero-order valence-corrected chi connectivity index (χ0v) is 15.3. The molecule has 1 aliphatic heterocycles. The molecule has 1 amide bonds. The molecule has 132 valence electrons. The molecule has 0 unspecified atom stereocenters. The molecule has 1 atom stereocenters. The Bertz CT molecular complexity index is 703. The Hall–Kier alpha value is -2.13. The molecule has 0 aliphatic carbocycles. The molecule has 3 nitrogen and oxygen atoms in total. The van der Waals surface area contributed by atoms with Crippen molar-refractivity contribution in [2.24, 2.45) is 0 Å². The third-order valence-corrected chi connectivity index (χ3v) is 5.02. The molecular weight excluding hydrogens is 308 g/mol. The summed E-state index contributed by atoms with van der Waals surface area (Å²) in [5, 5.41) is 3.19. The Balaban J connectivity index is 1.87. The number of anilines is 1. The summed E-state index contributed by atoms with van der Waals surface area (Å²) in [5.41, 5.74) is 4.25. The number of rotatable bonds is 4. The summed E-state index contributed by atoms with van der Waals surface area (Å²) in [6.07, 6.45) is 4.85. The van der Waals surface area contributed by atoms with Crippen LogP contribution in [0.2, 0.25) is 0 Å². The number of benzene rings is 2. The van der Waals surface area contributed by atoms with E-state index < -0.39 is 0 Å². The van der Waals surface area contributed by atoms with Gasteiger partial charge in [0.2, 0.25) is 5.91 Å². The Morgan fingerprint density at radius 1 is 0.960 bits per heavy atom. The van der Waals surface area contributed by atoms with E-state index in [1.165, 1.54) is 25.7 Å². The maximum atomic E-state index is 13.2. The number of aryl methyl sites for hydroxylation is 2. The van der Waals surface area contributed by atoms with Crippen molar-refractivity contribution in [3.05, 3.63) is 65.2 Å². The predicted molar refractivity (Wildman–Crippen MR) is 104 cm³/mol. The zero-order valence-electron chi connectivity index (χ0n) is 15.3. The van der Waals surface area contributed by atoms with Crippen LogP contribution in [0.15, 0.2) is 48.5 Å². The van der Waals surface area contributed by atoms with E-state index in [-0.39, 0.29) is 11.9 Å². The number of hydrogen-bond acceptors (Lipinski definition) is 2. The molecule has 25 heavy (non-hydrogen) atoms. The van der Waals surface area contributed by atoms with Crippen LogP contribution in [0.3, 0.4) is 0 Å². The predicted octanol–water partition coefficient (Wildman–Crippen LogP) is 4.86. The van der Waals surface area contributed by atoms with E-state index >= 15 is 0 Å². The van der Waals surface area contributed by atoms with E-state index in [2.05, 4.69) is 47.5 Å². The fourth-order valence-corrected chi connectivity index (χ4v) is 3.59. The summed E-state index contributed by atoms with van der Waals surface area (Å²) < 4.78 is 0. The molecule has 2 aromatic carbocycles. The van der Waals surface area contributed by atoms with Gasteiger partial charge in [-0.25, -0.2) is 0 Å². The lowest BCUT2D eigenvalue weighted by Gasteiger charge is -2.30. The highest BCUT2D eigenvalue weighted by Gasteiger charge is 2.28. The molecule has 1 N–H and O–H groups in total. The molecule has 1 fully saturated rings. The molecule has 0 saturated carbocycles. The molecule has 1 heterocycles. The van der Waals surface area contributed by atoms with Crippen LogP contribution in [0.5, 0.6) is 0 Å². The fraction of sp³-hybridized carbons (Fsp3) is 0.409. The average Bonchev–Trinajstić information content (AvgIpc) is 2.89. The number of nitrogens with one attached hydrogen (secondary N) is 1. The normalized spacial score (nSPS) is 16.9. The summed E-state index contributed by atoms with van der Waals surface area (Å²) in [4.78, 5) is 15.6. The smallest absolute Gasteiger partial charge is 0.246 e. The first-order valence-corrected chi connectivity index (χ1v) is 9.32. The van der Waals surface area contributed by atoms with Crippen LogP contribution in [-0.2, 0) is 4.79 Å². The van der Waals surface area contributed by atoms with Gasteiger partial charge in [-0.3, -0.25) is 9.69 Å². The Morgan fingerprint density at radius 2 is 1.64 bits per heavy atom. The molecule has 2 aromatic rings. The standard InChI is InChI=1S/C22H28N2O/c1-17-12-13-18(2)20(16-17)23-22(25)21(19-10-6-5-7-11-19)24-14-8-3-4-9-15-24/h5-7,10-13,16,21H,3-4,8-9,14-15H2,1-2H3,(H,23,25)/t21-/m1/s1. The van der Waals surface area contributed by atoms with Crippen molar-refractivity contribution in [3.8, 4) is 0 Å². The number of hydrogen-bond donors (Lipinski definition) is 1. The van der Waals surface area contributed by atoms with Gasteiger partial charge in [-0.2, -0.15) is 0 Å². The van der Waals surface area contributed by atoms with Gasteiger partial charge in [0.05, 0.1) is 0 Å². The second-order valence-corrected chi connectivity index (χ2v) is 7.07. The highest BCUT2D eigenvalue weighted by molar-refractivity contribution is 5.96. The molecular formula is C22H28N2O. The van der Waals surface area contributed by atoms with Crippen LogP contribution in [0.25, 0.3) is 0 Å². The minimum absolute atomic E-state index is 0.0711. The third-order valence-electron chi connectivity index (χ3n) is 5.02. The van der Waals surface area contributed by atoms with Crippen LogP contribution >= 0.6 is 0 Å². The highest BCUT2D eigenvalue weighted by Crippen LogP contribution is 2.27. The first-order chi connectivity index (χ1) is 12.1. The summed E-state index contributed by atoms with van der Waals surface area (Å²) in [5.74, 6) is 0.0711. The fourth-order valence-electron chi connectivity index (χ4n) is 3.59. The van der Waals surface area contributed by atoms with Crippen LogP contribution in [0.4, 0.5) is 5.69 Å². The van der Waals surface area contributed by atoms with E-state index in [9.17, 15) is 4.79 Å². The van der Waals surface area contributed by atoms with Crippen molar-refractivity contribution < 1.29 is 4.79 Å². The largest absolute Gasteiger partial charge is 0.324 e. The van der Waals surface area contributed by atoms with Gasteiger partial charge < -0.3 is 5.32 Å². The van der Waals surface area contributed by atoms with Gasteiger partial charge in [0.25, 0.3) is 0 Å². The Labute approximate surface area is 151 Å². The first kappa shape index (κ1) is 17.7. The van der Waals surface area contributed by atoms with Crippen molar-refractivity contribution in [1.82, 2.24) is 4.90 Å². The molecule has 1 aliphatic rings. The van der Waals surface area contributed by atoms with Crippen LogP contribution in [0.1, 0.15) is 48.4 Å². The van der Waals surface area contributed by atoms with Gasteiger partial charge in [-0.15, -0.1) is 0 Å². The quantitative estimate of drug-likeness (QED) is 0.865. The molecule has 3 heteroatoms. The number of likely N-dealkylation sites (tertiary alicyclic amines) is 1. The molecule has 0 spiro atoms. The Morgan fingerprint density at radius 3 is 2.32 bits per heavy atom. The van der Waals surface area contributed by atoms with Gasteiger partial charge in [0.15, 0.2) is 0 Å². The number of carbonyl (C=O) groups is 1. The summed E-state index contributed by atoms with van der Waals surface area (Å²) in [6.45, 7) is 6.07. The monoisotopic (exact) mass is 336 g/mol. The molecule has 0 bridgehead atoms. The topological polar surface area (TPSA) is 32.3 Å². The lowest BCUT2D eigenvalue weighted by molar-refractivity contribution is -0.121. The van der Waals surface area contributed by atoms with Gasteiger partial charge in [0, 0.05) is 5.69 Å².